The molecule has 20 heavy (non-hydrogen) atoms. The molecule has 1 rings (SSSR count). The average molecular weight is 322 g/mol. The number of hydrogen-bond donors (Lipinski definition) is 0. The molecule has 0 aliphatic heterocycles. The van der Waals surface area contributed by atoms with Crippen molar-refractivity contribution in [2.75, 3.05) is 14.1 Å². The predicted octanol–water partition coefficient (Wildman–Crippen LogP) is -1.58. The second-order valence-corrected chi connectivity index (χ2v) is 5.22. The summed E-state index contributed by atoms with van der Waals surface area (Å²) in [6.07, 6.45) is 4.91. The molecule has 0 heterocycles. The fraction of sp³-hybridized carbons (Fsp3) is 0.308. The van der Waals surface area contributed by atoms with E-state index in [2.05, 4.69) is 31.2 Å². The molecule has 0 aliphatic rings. The lowest BCUT2D eigenvalue weighted by Crippen LogP contribution is -2.68. The number of rotatable bonds is 3. The molecule has 0 amide bonds. The van der Waals surface area contributed by atoms with E-state index in [0.29, 0.717) is 0 Å². The molecular weight excluding hydrogens is 305 g/mol. The van der Waals surface area contributed by atoms with Gasteiger partial charge in [-0.05, 0) is 17.5 Å². The maximum absolute atomic E-state index is 8.49. The Kier molecular flexibility index (Phi) is 8.64. The number of aryl methyl sites for hydroxylation is 1. The number of benzene rings is 1. The molecule has 5 nitrogen and oxygen atoms in total. The molecule has 0 aromatic heterocycles. The summed E-state index contributed by atoms with van der Waals surface area (Å²) in [5.74, 6) is 0. The van der Waals surface area contributed by atoms with Crippen LogP contribution < -0.4 is 18.6 Å². The second-order valence-electron chi connectivity index (χ2n) is 4.06. The molecule has 0 atom stereocenters. The summed E-state index contributed by atoms with van der Waals surface area (Å²) in [7, 11) is -0.998. The Labute approximate surface area is 125 Å². The first-order chi connectivity index (χ1) is 9.13. The molecule has 0 unspecified atom stereocenters. The van der Waals surface area contributed by atoms with E-state index < -0.39 is 10.2 Å². The Hall–Kier alpha value is -0.950. The molecule has 0 saturated heterocycles. The van der Waals surface area contributed by atoms with Crippen LogP contribution in [0.25, 0.3) is 5.03 Å². The zero-order valence-electron chi connectivity index (χ0n) is 11.5. The van der Waals surface area contributed by atoms with Gasteiger partial charge in [0.25, 0.3) is 0 Å². The summed E-state index contributed by atoms with van der Waals surface area (Å²) in [6.45, 7) is 2.15. The Morgan fingerprint density at radius 1 is 1.15 bits per heavy atom. The van der Waals surface area contributed by atoms with Gasteiger partial charge in [0.05, 0.1) is 5.03 Å². The first-order valence-electron chi connectivity index (χ1n) is 5.71. The molecule has 0 fully saturated rings. The highest BCUT2D eigenvalue weighted by Gasteiger charge is 1.97. The summed E-state index contributed by atoms with van der Waals surface area (Å²) in [6, 6.07) is 8.34. The van der Waals surface area contributed by atoms with Crippen molar-refractivity contribution in [3.8, 4) is 0 Å². The zero-order chi connectivity index (χ0) is 15.8. The third-order valence-electron chi connectivity index (χ3n) is 2.16. The first kappa shape index (κ1) is 19.1. The molecule has 0 radical (unpaired) electrons. The lowest BCUT2D eigenvalue weighted by molar-refractivity contribution is -2.00. The summed E-state index contributed by atoms with van der Waals surface area (Å²) < 4.78 is 35.9. The minimum atomic E-state index is -4.94. The van der Waals surface area contributed by atoms with E-state index in [9.17, 15) is 0 Å². The SMILES string of the molecule is CCc1ccc(C(Cl)=CC=[N+](C)C)cc1.[O-][Cl+3]([O-])([O-])[O-]. The van der Waals surface area contributed by atoms with Crippen LogP contribution in [0, 0.1) is 10.2 Å². The van der Waals surface area contributed by atoms with Crippen LogP contribution >= 0.6 is 11.6 Å². The van der Waals surface area contributed by atoms with Crippen molar-refractivity contribution in [1.29, 1.82) is 0 Å². The monoisotopic (exact) mass is 321 g/mol. The van der Waals surface area contributed by atoms with Crippen molar-refractivity contribution in [3.05, 3.63) is 41.5 Å². The third kappa shape index (κ3) is 10.9. The Morgan fingerprint density at radius 2 is 1.60 bits per heavy atom. The Balaban J connectivity index is 0.000000621. The van der Waals surface area contributed by atoms with Crippen molar-refractivity contribution in [2.24, 2.45) is 0 Å². The minimum Gasteiger partial charge on any atom is -0.241 e. The lowest BCUT2D eigenvalue weighted by Gasteiger charge is -2.17. The second kappa shape index (κ2) is 9.07. The van der Waals surface area contributed by atoms with Gasteiger partial charge in [-0.2, -0.15) is 0 Å². The van der Waals surface area contributed by atoms with Crippen LogP contribution in [0.1, 0.15) is 18.1 Å². The molecular formula is C13H17Cl2NO4. The van der Waals surface area contributed by atoms with Gasteiger partial charge in [-0.3, -0.25) is 0 Å². The van der Waals surface area contributed by atoms with E-state index in [1.807, 2.05) is 31.0 Å². The van der Waals surface area contributed by atoms with Crippen LogP contribution in [0.5, 0.6) is 0 Å². The van der Waals surface area contributed by atoms with E-state index in [1.54, 1.807) is 0 Å². The van der Waals surface area contributed by atoms with Crippen LogP contribution in [0.3, 0.4) is 0 Å². The summed E-state index contributed by atoms with van der Waals surface area (Å²) >= 11 is 6.15. The standard InChI is InChI=1S/C13H17ClN.ClHO4/c1-4-11-5-7-12(8-6-11)13(14)9-10-15(2)3;2-1(3,4)5/h5-10H,4H2,1-3H3;(H,2,3,4,5)/q+1;/p-1. The smallest absolute Gasteiger partial charge is 0.164 e. The molecule has 1 aromatic rings. The average Bonchev–Trinajstić information content (AvgIpc) is 2.34. The maximum atomic E-state index is 8.49. The fourth-order valence-corrected chi connectivity index (χ4v) is 1.39. The van der Waals surface area contributed by atoms with Gasteiger partial charge < -0.3 is 0 Å². The van der Waals surface area contributed by atoms with Gasteiger partial charge in [0.2, 0.25) is 0 Å². The van der Waals surface area contributed by atoms with Crippen molar-refractivity contribution >= 4 is 22.8 Å². The van der Waals surface area contributed by atoms with Gasteiger partial charge in [-0.15, -0.1) is 10.2 Å². The van der Waals surface area contributed by atoms with E-state index in [1.165, 1.54) is 5.56 Å². The highest BCUT2D eigenvalue weighted by atomic mass is 35.7. The van der Waals surface area contributed by atoms with Gasteiger partial charge in [0, 0.05) is 6.08 Å². The third-order valence-corrected chi connectivity index (χ3v) is 2.50. The Morgan fingerprint density at radius 3 is 1.95 bits per heavy atom. The number of hydrogen-bond acceptors (Lipinski definition) is 4. The molecule has 0 spiro atoms. The van der Waals surface area contributed by atoms with Gasteiger partial charge in [0.15, 0.2) is 6.21 Å². The van der Waals surface area contributed by atoms with E-state index >= 15 is 0 Å². The molecule has 0 aliphatic carbocycles. The van der Waals surface area contributed by atoms with Gasteiger partial charge >= 0.3 is 0 Å². The van der Waals surface area contributed by atoms with Crippen molar-refractivity contribution in [2.45, 2.75) is 13.3 Å². The largest absolute Gasteiger partial charge is 0.241 e. The molecule has 1 aromatic carbocycles. The number of allylic oxidation sites excluding steroid dienone is 1. The first-order valence-corrected chi connectivity index (χ1v) is 7.33. The van der Waals surface area contributed by atoms with Gasteiger partial charge in [-0.25, -0.2) is 23.2 Å². The summed E-state index contributed by atoms with van der Waals surface area (Å²) in [5.41, 5.74) is 2.40. The summed E-state index contributed by atoms with van der Waals surface area (Å²) in [5, 5.41) is 0.770. The van der Waals surface area contributed by atoms with Gasteiger partial charge in [-0.1, -0.05) is 42.8 Å². The van der Waals surface area contributed by atoms with Crippen LogP contribution in [0.4, 0.5) is 0 Å². The number of nitrogens with zero attached hydrogens (tertiary/aromatic N) is 1. The van der Waals surface area contributed by atoms with E-state index in [-0.39, 0.29) is 0 Å². The highest BCUT2D eigenvalue weighted by molar-refractivity contribution is 6.49. The molecule has 112 valence electrons. The minimum absolute atomic E-state index is 0.770. The number of halogens is 2. The van der Waals surface area contributed by atoms with Crippen molar-refractivity contribution < 1.29 is 33.5 Å². The molecule has 0 bridgehead atoms. The molecule has 0 N–H and O–H groups in total. The fourth-order valence-electron chi connectivity index (χ4n) is 1.21. The van der Waals surface area contributed by atoms with E-state index in [4.69, 9.17) is 30.2 Å². The zero-order valence-corrected chi connectivity index (χ0v) is 13.0. The molecule has 7 heteroatoms. The Bertz CT molecular complexity index is 454. The normalized spacial score (nSPS) is 11.5. The van der Waals surface area contributed by atoms with Crippen LogP contribution in [0.15, 0.2) is 30.3 Å². The van der Waals surface area contributed by atoms with Crippen molar-refractivity contribution in [1.82, 2.24) is 0 Å². The predicted molar refractivity (Wildman–Crippen MR) is 67.8 cm³/mol. The van der Waals surface area contributed by atoms with Crippen LogP contribution in [0.2, 0.25) is 0 Å². The summed E-state index contributed by atoms with van der Waals surface area (Å²) in [4.78, 5) is 0. The highest BCUT2D eigenvalue weighted by Crippen LogP contribution is 2.18. The topological polar surface area (TPSA) is 95.2 Å². The van der Waals surface area contributed by atoms with Crippen LogP contribution in [-0.2, 0) is 6.42 Å². The lowest BCUT2D eigenvalue weighted by atomic mass is 10.1. The molecule has 0 saturated carbocycles. The quantitative estimate of drug-likeness (QED) is 0.495. The maximum Gasteiger partial charge on any atom is 0.164 e. The van der Waals surface area contributed by atoms with Gasteiger partial charge in [0.1, 0.15) is 14.1 Å². The van der Waals surface area contributed by atoms with E-state index in [0.717, 1.165) is 17.0 Å². The van der Waals surface area contributed by atoms with Crippen LogP contribution in [-0.4, -0.2) is 24.9 Å². The van der Waals surface area contributed by atoms with Crippen molar-refractivity contribution in [3.63, 3.8) is 0 Å².